The van der Waals surface area contributed by atoms with E-state index < -0.39 is 0 Å². The Morgan fingerprint density at radius 1 is 1.24 bits per heavy atom. The van der Waals surface area contributed by atoms with Crippen molar-refractivity contribution in [1.29, 1.82) is 0 Å². The number of aromatic nitrogens is 4. The average Bonchev–Trinajstić information content (AvgIpc) is 3.21. The number of amides is 1. The van der Waals surface area contributed by atoms with Gasteiger partial charge in [-0.15, -0.1) is 10.2 Å². The predicted molar refractivity (Wildman–Crippen MR) is 118 cm³/mol. The molecule has 0 spiro atoms. The Balaban J connectivity index is 1.44. The first kappa shape index (κ1) is 19.9. The van der Waals surface area contributed by atoms with Crippen LogP contribution in [0.3, 0.4) is 0 Å². The molecule has 9 heteroatoms. The number of hydrogen-bond donors (Lipinski definition) is 2. The number of carbonyl (C=O) groups excluding carboxylic acids is 1. The number of rotatable bonds is 7. The highest BCUT2D eigenvalue weighted by atomic mass is 32.2. The van der Waals surface area contributed by atoms with Gasteiger partial charge < -0.3 is 10.6 Å². The van der Waals surface area contributed by atoms with Gasteiger partial charge in [0.15, 0.2) is 4.34 Å². The lowest BCUT2D eigenvalue weighted by Gasteiger charge is -2.14. The number of anilines is 2. The largest absolute Gasteiger partial charge is 0.357 e. The van der Waals surface area contributed by atoms with Crippen molar-refractivity contribution < 1.29 is 4.79 Å². The quantitative estimate of drug-likeness (QED) is 0.545. The van der Waals surface area contributed by atoms with E-state index in [0.29, 0.717) is 11.9 Å². The van der Waals surface area contributed by atoms with Gasteiger partial charge in [-0.2, -0.15) is 5.10 Å². The van der Waals surface area contributed by atoms with Crippen molar-refractivity contribution >= 4 is 40.0 Å². The molecule has 0 aliphatic heterocycles. The molecule has 0 saturated heterocycles. The zero-order chi connectivity index (χ0) is 20.4. The van der Waals surface area contributed by atoms with Gasteiger partial charge in [-0.1, -0.05) is 62.1 Å². The molecule has 3 aromatic rings. The minimum absolute atomic E-state index is 0.0977. The van der Waals surface area contributed by atoms with E-state index in [4.69, 9.17) is 5.10 Å². The van der Waals surface area contributed by atoms with E-state index in [1.54, 1.807) is 4.68 Å². The number of carbonyl (C=O) groups is 1. The Kier molecular flexibility index (Phi) is 5.60. The van der Waals surface area contributed by atoms with E-state index in [1.165, 1.54) is 35.9 Å². The van der Waals surface area contributed by atoms with Crippen LogP contribution in [0, 0.1) is 0 Å². The molecule has 0 bridgehead atoms. The van der Waals surface area contributed by atoms with E-state index in [-0.39, 0.29) is 17.1 Å². The van der Waals surface area contributed by atoms with Crippen molar-refractivity contribution in [3.63, 3.8) is 0 Å². The molecule has 2 aromatic heterocycles. The van der Waals surface area contributed by atoms with Gasteiger partial charge in [-0.3, -0.25) is 4.79 Å². The number of para-hydroxylation sites is 1. The monoisotopic (exact) mass is 428 g/mol. The van der Waals surface area contributed by atoms with Crippen molar-refractivity contribution in [2.24, 2.45) is 0 Å². The fourth-order valence-electron chi connectivity index (χ4n) is 2.64. The van der Waals surface area contributed by atoms with Crippen LogP contribution >= 0.6 is 23.1 Å². The summed E-state index contributed by atoms with van der Waals surface area (Å²) in [5.74, 6) is 0.836. The molecule has 1 saturated carbocycles. The molecule has 29 heavy (non-hydrogen) atoms. The molecule has 1 aliphatic carbocycles. The summed E-state index contributed by atoms with van der Waals surface area (Å²) in [5.41, 5.74) is 1.71. The fraction of sp³-hybridized carbons (Fsp3) is 0.400. The molecule has 2 N–H and O–H groups in total. The molecular weight excluding hydrogens is 404 g/mol. The second-order valence-corrected chi connectivity index (χ2v) is 10.2. The van der Waals surface area contributed by atoms with Crippen molar-refractivity contribution in [2.75, 3.05) is 16.4 Å². The standard InChI is InChI=1S/C20H24N6OS2/c1-20(2,3)15-11-16(26(25-15)14-7-5-4-6-8-14)22-17(27)12-28-19-24-23-18(29-19)21-13-9-10-13/h4-8,11,13H,9-10,12H2,1-3H3,(H,21,23)(H,22,27). The maximum atomic E-state index is 12.6. The topological polar surface area (TPSA) is 84.7 Å². The van der Waals surface area contributed by atoms with Crippen molar-refractivity contribution in [1.82, 2.24) is 20.0 Å². The summed E-state index contributed by atoms with van der Waals surface area (Å²) < 4.78 is 2.57. The zero-order valence-corrected chi connectivity index (χ0v) is 18.3. The van der Waals surface area contributed by atoms with Crippen LogP contribution in [0.25, 0.3) is 5.69 Å². The smallest absolute Gasteiger partial charge is 0.235 e. The third-order valence-electron chi connectivity index (χ3n) is 4.38. The molecule has 1 fully saturated rings. The highest BCUT2D eigenvalue weighted by molar-refractivity contribution is 8.01. The second-order valence-electron chi connectivity index (χ2n) is 8.04. The van der Waals surface area contributed by atoms with Gasteiger partial charge in [0.05, 0.1) is 17.1 Å². The van der Waals surface area contributed by atoms with E-state index in [1.807, 2.05) is 36.4 Å². The minimum Gasteiger partial charge on any atom is -0.357 e. The summed E-state index contributed by atoms with van der Waals surface area (Å²) in [6.07, 6.45) is 2.38. The normalized spacial score (nSPS) is 14.0. The first-order chi connectivity index (χ1) is 13.9. The van der Waals surface area contributed by atoms with Crippen molar-refractivity contribution in [2.45, 2.75) is 49.4 Å². The first-order valence-electron chi connectivity index (χ1n) is 9.57. The number of benzene rings is 1. The summed E-state index contributed by atoms with van der Waals surface area (Å²) in [4.78, 5) is 12.6. The minimum atomic E-state index is -0.119. The lowest BCUT2D eigenvalue weighted by atomic mass is 9.92. The SMILES string of the molecule is CC(C)(C)c1cc(NC(=O)CSc2nnc(NC3CC3)s2)n(-c2ccccc2)n1. The third-order valence-corrected chi connectivity index (χ3v) is 6.37. The van der Waals surface area contributed by atoms with Gasteiger partial charge in [0.1, 0.15) is 5.82 Å². The fourth-order valence-corrected chi connectivity index (χ4v) is 4.27. The molecule has 7 nitrogen and oxygen atoms in total. The second kappa shape index (κ2) is 8.16. The average molecular weight is 429 g/mol. The van der Waals surface area contributed by atoms with Crippen LogP contribution in [0.15, 0.2) is 40.7 Å². The number of nitrogens with zero attached hydrogens (tertiary/aromatic N) is 4. The van der Waals surface area contributed by atoms with Crippen LogP contribution in [-0.2, 0) is 10.2 Å². The zero-order valence-electron chi connectivity index (χ0n) is 16.7. The Hall–Kier alpha value is -2.39. The van der Waals surface area contributed by atoms with E-state index in [2.05, 4.69) is 41.6 Å². The molecule has 0 unspecified atom stereocenters. The van der Waals surface area contributed by atoms with Gasteiger partial charge in [0.25, 0.3) is 0 Å². The molecule has 4 rings (SSSR count). The van der Waals surface area contributed by atoms with Crippen molar-refractivity contribution in [3.05, 3.63) is 42.1 Å². The van der Waals surface area contributed by atoms with Crippen LogP contribution in [-0.4, -0.2) is 37.7 Å². The lowest BCUT2D eigenvalue weighted by molar-refractivity contribution is -0.113. The van der Waals surface area contributed by atoms with Gasteiger partial charge in [-0.25, -0.2) is 4.68 Å². The third kappa shape index (κ3) is 5.16. The number of hydrogen-bond acceptors (Lipinski definition) is 7. The molecule has 2 heterocycles. The summed E-state index contributed by atoms with van der Waals surface area (Å²) >= 11 is 2.88. The lowest BCUT2D eigenvalue weighted by Crippen LogP contribution is -2.16. The van der Waals surface area contributed by atoms with Crippen LogP contribution in [0.4, 0.5) is 10.9 Å². The molecule has 1 amide bonds. The van der Waals surface area contributed by atoms with Gasteiger partial charge in [0.2, 0.25) is 11.0 Å². The van der Waals surface area contributed by atoms with E-state index >= 15 is 0 Å². The van der Waals surface area contributed by atoms with Crippen LogP contribution in [0.1, 0.15) is 39.3 Å². The van der Waals surface area contributed by atoms with Crippen molar-refractivity contribution in [3.8, 4) is 5.69 Å². The maximum absolute atomic E-state index is 12.6. The summed E-state index contributed by atoms with van der Waals surface area (Å²) in [7, 11) is 0. The Morgan fingerprint density at radius 3 is 2.69 bits per heavy atom. The van der Waals surface area contributed by atoms with E-state index in [9.17, 15) is 4.79 Å². The molecule has 1 aliphatic rings. The molecule has 0 radical (unpaired) electrons. The summed E-state index contributed by atoms with van der Waals surface area (Å²) in [6.45, 7) is 6.32. The van der Waals surface area contributed by atoms with Gasteiger partial charge in [-0.05, 0) is 25.0 Å². The highest BCUT2D eigenvalue weighted by Crippen LogP contribution is 2.30. The van der Waals surface area contributed by atoms with Crippen LogP contribution < -0.4 is 10.6 Å². The molecule has 1 aromatic carbocycles. The molecule has 152 valence electrons. The van der Waals surface area contributed by atoms with Crippen LogP contribution in [0.2, 0.25) is 0 Å². The summed E-state index contributed by atoms with van der Waals surface area (Å²) in [5, 5.41) is 20.2. The Morgan fingerprint density at radius 2 is 2.00 bits per heavy atom. The maximum Gasteiger partial charge on any atom is 0.235 e. The van der Waals surface area contributed by atoms with Gasteiger partial charge >= 0.3 is 0 Å². The van der Waals surface area contributed by atoms with Gasteiger partial charge in [0, 0.05) is 17.5 Å². The Bertz CT molecular complexity index is 988. The highest BCUT2D eigenvalue weighted by Gasteiger charge is 2.23. The number of thioether (sulfide) groups is 1. The predicted octanol–water partition coefficient (Wildman–Crippen LogP) is 4.33. The number of nitrogens with one attached hydrogen (secondary N) is 2. The Labute approximate surface area is 178 Å². The molecular formula is C20H24N6OS2. The first-order valence-corrected chi connectivity index (χ1v) is 11.4. The summed E-state index contributed by atoms with van der Waals surface area (Å²) in [6, 6.07) is 12.3. The molecule has 0 atom stereocenters. The van der Waals surface area contributed by atoms with Crippen LogP contribution in [0.5, 0.6) is 0 Å². The van der Waals surface area contributed by atoms with E-state index in [0.717, 1.165) is 20.9 Å².